The zero-order chi connectivity index (χ0) is 39.3. The highest BCUT2D eigenvalue weighted by molar-refractivity contribution is 7.14. The van der Waals surface area contributed by atoms with Gasteiger partial charge in [0, 0.05) is 29.5 Å². The molecule has 5 heterocycles. The molecule has 4 fully saturated rings. The number of piperidine rings is 3. The highest BCUT2D eigenvalue weighted by Crippen LogP contribution is 2.39. The van der Waals surface area contributed by atoms with Gasteiger partial charge in [-0.15, -0.1) is 11.3 Å². The molecule has 1 saturated carbocycles. The lowest BCUT2D eigenvalue weighted by atomic mass is 9.86. The quantitative estimate of drug-likeness (QED) is 0.0474. The van der Waals surface area contributed by atoms with Gasteiger partial charge in [0.15, 0.2) is 23.9 Å². The van der Waals surface area contributed by atoms with Crippen LogP contribution in [0.1, 0.15) is 57.5 Å². The first kappa shape index (κ1) is 39.5. The lowest BCUT2D eigenvalue weighted by Gasteiger charge is -2.44. The van der Waals surface area contributed by atoms with Gasteiger partial charge in [0.2, 0.25) is 0 Å². The minimum absolute atomic E-state index is 0.0174. The third-order valence-electron chi connectivity index (χ3n) is 9.98. The van der Waals surface area contributed by atoms with Crippen LogP contribution in [0.5, 0.6) is 17.2 Å². The molecule has 0 unspecified atom stereocenters. The molecule has 12 nitrogen and oxygen atoms in total. The Bertz CT molecular complexity index is 2040. The molecule has 1 amide bonds. The van der Waals surface area contributed by atoms with Crippen molar-refractivity contribution < 1.29 is 51.6 Å². The molecule has 4 aliphatic rings. The van der Waals surface area contributed by atoms with Crippen molar-refractivity contribution in [1.82, 2.24) is 4.90 Å². The number of carbonyl (C=O) groups is 3. The SMILES string of the molecule is O=COc1cccc(N(Cc2ccc(C(=O)O[C@@H](Cc3c(Cl)c[n+]([O-])cc3Cl)c3ccc(OC(F)F)c(OCC4CC4)c3)s2)C(=O)O[C@H]2CN3CCC2CC3)c1. The minimum Gasteiger partial charge on any atom is -0.619 e. The Morgan fingerprint density at radius 1 is 1.02 bits per heavy atom. The fraction of sp³-hybridized carbons (Fsp3) is 0.385. The number of anilines is 1. The first-order valence-electron chi connectivity index (χ1n) is 18.0. The molecule has 3 aliphatic heterocycles. The maximum absolute atomic E-state index is 13.9. The van der Waals surface area contributed by atoms with Crippen molar-refractivity contribution >= 4 is 58.8 Å². The number of alkyl halides is 2. The predicted octanol–water partition coefficient (Wildman–Crippen LogP) is 7.99. The molecule has 3 saturated heterocycles. The summed E-state index contributed by atoms with van der Waals surface area (Å²) in [6, 6.07) is 14.0. The number of aromatic nitrogens is 1. The Labute approximate surface area is 334 Å². The molecular weight excluding hydrogens is 795 g/mol. The summed E-state index contributed by atoms with van der Waals surface area (Å²) < 4.78 is 54.8. The van der Waals surface area contributed by atoms with Gasteiger partial charge in [-0.25, -0.2) is 9.59 Å². The van der Waals surface area contributed by atoms with Crippen LogP contribution in [-0.2, 0) is 27.2 Å². The Balaban J connectivity index is 1.14. The van der Waals surface area contributed by atoms with Crippen LogP contribution in [0, 0.1) is 17.0 Å². The van der Waals surface area contributed by atoms with E-state index in [4.69, 9.17) is 46.9 Å². The van der Waals surface area contributed by atoms with Crippen LogP contribution in [0.25, 0.3) is 0 Å². The third kappa shape index (κ3) is 9.81. The number of esters is 1. The van der Waals surface area contributed by atoms with Gasteiger partial charge in [-0.2, -0.15) is 13.5 Å². The van der Waals surface area contributed by atoms with Crippen molar-refractivity contribution in [2.45, 2.75) is 57.5 Å². The smallest absolute Gasteiger partial charge is 0.414 e. The van der Waals surface area contributed by atoms with Crippen molar-refractivity contribution in [2.75, 3.05) is 31.1 Å². The van der Waals surface area contributed by atoms with E-state index in [2.05, 4.69) is 4.90 Å². The van der Waals surface area contributed by atoms with Crippen LogP contribution >= 0.6 is 34.5 Å². The number of ether oxygens (including phenoxy) is 5. The van der Waals surface area contributed by atoms with Gasteiger partial charge in [-0.3, -0.25) is 14.6 Å². The zero-order valence-corrected chi connectivity index (χ0v) is 32.2. The first-order valence-corrected chi connectivity index (χ1v) is 19.6. The van der Waals surface area contributed by atoms with E-state index in [9.17, 15) is 28.4 Å². The standard InChI is InChI=1S/C39H37Cl2F2N3O9S/c40-30-18-45(50)19-31(41)29(30)16-33(25-6-8-32(54-38(42)43)34(14-25)51-21-23-4-5-23)53-37(48)36-9-7-28(56-36)17-46(26-2-1-3-27(15-26)52-22-47)39(49)55-35-20-44-12-10-24(35)11-13-44/h1-3,6-9,14-15,18-19,22-24,33,35,38H,4-5,10-13,16-17,20-21H2/t33-,35-/m0/s1. The molecule has 4 aromatic rings. The summed E-state index contributed by atoms with van der Waals surface area (Å²) in [5, 5.41) is 12.0. The van der Waals surface area contributed by atoms with Gasteiger partial charge in [0.1, 0.15) is 32.9 Å². The van der Waals surface area contributed by atoms with Crippen LogP contribution in [-0.4, -0.2) is 62.4 Å². The maximum atomic E-state index is 13.9. The van der Waals surface area contributed by atoms with E-state index < -0.39 is 24.8 Å². The van der Waals surface area contributed by atoms with Crippen LogP contribution < -0.4 is 23.8 Å². The molecule has 0 radical (unpaired) electrons. The molecule has 17 heteroatoms. The molecule has 2 bridgehead atoms. The van der Waals surface area contributed by atoms with Gasteiger partial charge in [-0.05, 0) is 92.6 Å². The number of rotatable bonds is 16. The van der Waals surface area contributed by atoms with E-state index in [0.29, 0.717) is 52.0 Å². The van der Waals surface area contributed by atoms with E-state index >= 15 is 0 Å². The first-order chi connectivity index (χ1) is 27.0. The van der Waals surface area contributed by atoms with Gasteiger partial charge < -0.3 is 28.9 Å². The van der Waals surface area contributed by atoms with Gasteiger partial charge in [0.25, 0.3) is 6.47 Å². The molecule has 0 spiro atoms. The molecular formula is C39H37Cl2F2N3O9S. The second-order valence-corrected chi connectivity index (χ2v) is 15.8. The molecule has 1 aliphatic carbocycles. The fourth-order valence-electron chi connectivity index (χ4n) is 6.86. The number of thiophene rings is 1. The molecule has 2 atom stereocenters. The number of hydrogen-bond donors (Lipinski definition) is 0. The molecule has 296 valence electrons. The van der Waals surface area contributed by atoms with Crippen molar-refractivity contribution in [3.05, 3.63) is 103 Å². The molecule has 8 rings (SSSR count). The van der Waals surface area contributed by atoms with Crippen molar-refractivity contribution in [3.8, 4) is 17.2 Å². The van der Waals surface area contributed by atoms with E-state index in [1.165, 1.54) is 23.1 Å². The average Bonchev–Trinajstić information content (AvgIpc) is 3.89. The Morgan fingerprint density at radius 3 is 2.46 bits per heavy atom. The number of benzene rings is 2. The van der Waals surface area contributed by atoms with Crippen molar-refractivity contribution in [1.29, 1.82) is 0 Å². The summed E-state index contributed by atoms with van der Waals surface area (Å²) >= 11 is 13.9. The topological polar surface area (TPSA) is 131 Å². The lowest BCUT2D eigenvalue weighted by Crippen LogP contribution is -2.53. The van der Waals surface area contributed by atoms with E-state index in [1.54, 1.807) is 36.4 Å². The minimum atomic E-state index is -3.10. The highest BCUT2D eigenvalue weighted by Gasteiger charge is 2.38. The third-order valence-corrected chi connectivity index (χ3v) is 11.7. The van der Waals surface area contributed by atoms with E-state index in [1.807, 2.05) is 0 Å². The second-order valence-electron chi connectivity index (χ2n) is 13.9. The van der Waals surface area contributed by atoms with Crippen LogP contribution in [0.4, 0.5) is 19.3 Å². The highest BCUT2D eigenvalue weighted by atomic mass is 35.5. The molecule has 2 aromatic carbocycles. The zero-order valence-electron chi connectivity index (χ0n) is 29.8. The largest absolute Gasteiger partial charge is 0.619 e. The Hall–Kier alpha value is -4.70. The average molecular weight is 833 g/mol. The van der Waals surface area contributed by atoms with Crippen LogP contribution in [0.3, 0.4) is 0 Å². The summed E-state index contributed by atoms with van der Waals surface area (Å²) in [6.45, 7) is 0.114. The molecule has 56 heavy (non-hydrogen) atoms. The normalized spacial score (nSPS) is 19.3. The van der Waals surface area contributed by atoms with Crippen LogP contribution in [0.15, 0.2) is 67.0 Å². The lowest BCUT2D eigenvalue weighted by molar-refractivity contribution is -0.605. The number of amides is 1. The van der Waals surface area contributed by atoms with E-state index in [-0.39, 0.29) is 57.2 Å². The summed E-state index contributed by atoms with van der Waals surface area (Å²) in [5.41, 5.74) is 1.10. The number of hydrogen-bond acceptors (Lipinski definition) is 11. The number of halogens is 4. The monoisotopic (exact) mass is 831 g/mol. The van der Waals surface area contributed by atoms with Gasteiger partial charge in [-0.1, -0.05) is 35.3 Å². The Kier molecular flexibility index (Phi) is 12.4. The summed E-state index contributed by atoms with van der Waals surface area (Å²) in [4.78, 5) is 43.3. The molecule has 2 aromatic heterocycles. The fourth-order valence-corrected chi connectivity index (χ4v) is 8.33. The van der Waals surface area contributed by atoms with Crippen LogP contribution in [0.2, 0.25) is 10.0 Å². The Morgan fingerprint density at radius 2 is 1.79 bits per heavy atom. The summed E-state index contributed by atoms with van der Waals surface area (Å²) in [5.74, 6) is -0.0675. The number of carbonyl (C=O) groups excluding carboxylic acids is 3. The number of fused-ring (bicyclic) bond motifs is 3. The second kappa shape index (κ2) is 17.6. The van der Waals surface area contributed by atoms with Crippen molar-refractivity contribution in [3.63, 3.8) is 0 Å². The number of pyridine rings is 1. The van der Waals surface area contributed by atoms with Gasteiger partial charge >= 0.3 is 18.7 Å². The maximum Gasteiger partial charge on any atom is 0.414 e. The molecule has 0 N–H and O–H groups in total. The summed E-state index contributed by atoms with van der Waals surface area (Å²) in [7, 11) is 0. The predicted molar refractivity (Wildman–Crippen MR) is 202 cm³/mol. The van der Waals surface area contributed by atoms with E-state index in [0.717, 1.165) is 62.5 Å². The summed E-state index contributed by atoms with van der Waals surface area (Å²) in [6.07, 6.45) is 4.02. The number of nitrogens with zero attached hydrogens (tertiary/aromatic N) is 3. The van der Waals surface area contributed by atoms with Gasteiger partial charge in [0.05, 0.1) is 18.8 Å². The van der Waals surface area contributed by atoms with Crippen molar-refractivity contribution in [2.24, 2.45) is 11.8 Å².